The number of rotatable bonds is 10. The molecule has 1 saturated heterocycles. The Balaban J connectivity index is 1.53. The molecule has 0 radical (unpaired) electrons. The number of aromatic nitrogens is 2. The van der Waals surface area contributed by atoms with Gasteiger partial charge in [0.05, 0.1) is 13.0 Å². The predicted molar refractivity (Wildman–Crippen MR) is 112 cm³/mol. The first-order valence-corrected chi connectivity index (χ1v) is 10.9. The molecule has 3 heterocycles. The van der Waals surface area contributed by atoms with Crippen molar-refractivity contribution in [2.24, 2.45) is 5.92 Å². The van der Waals surface area contributed by atoms with Gasteiger partial charge in [0.25, 0.3) is 0 Å². The minimum Gasteiger partial charge on any atom is -0.463 e. The zero-order valence-corrected chi connectivity index (χ0v) is 17.5. The van der Waals surface area contributed by atoms with E-state index in [0.29, 0.717) is 31.2 Å². The first-order chi connectivity index (χ1) is 13.6. The summed E-state index contributed by atoms with van der Waals surface area (Å²) in [4.78, 5) is 25.6. The molecule has 1 fully saturated rings. The van der Waals surface area contributed by atoms with Crippen LogP contribution in [0.4, 0.5) is 11.6 Å². The van der Waals surface area contributed by atoms with Crippen molar-refractivity contribution in [3.8, 4) is 6.01 Å². The zero-order valence-electron chi connectivity index (χ0n) is 17.5. The summed E-state index contributed by atoms with van der Waals surface area (Å²) in [5.74, 6) is 1.87. The number of carbonyl (C=O) groups is 1. The average molecular weight is 390 g/mol. The molecule has 3 rings (SSSR count). The molecule has 0 aromatic carbocycles. The molecule has 7 heteroatoms. The van der Waals surface area contributed by atoms with Gasteiger partial charge in [0.15, 0.2) is 0 Å². The summed E-state index contributed by atoms with van der Waals surface area (Å²) in [6.07, 6.45) is 8.23. The largest absolute Gasteiger partial charge is 0.463 e. The number of hydrogen-bond acceptors (Lipinski definition) is 6. The highest BCUT2D eigenvalue weighted by molar-refractivity contribution is 6.01. The number of hydrogen-bond donors (Lipinski definition) is 1. The normalized spacial score (nSPS) is 17.9. The van der Waals surface area contributed by atoms with E-state index >= 15 is 0 Å². The van der Waals surface area contributed by atoms with Gasteiger partial charge in [-0.1, -0.05) is 20.3 Å². The summed E-state index contributed by atoms with van der Waals surface area (Å²) in [6.45, 7) is 9.27. The van der Waals surface area contributed by atoms with Crippen LogP contribution < -0.4 is 15.4 Å². The number of ether oxygens (including phenoxy) is 1. The smallest absolute Gasteiger partial charge is 0.320 e. The standard InChI is InChI=1S/C21H35N5O2/c1-3-5-14-28-21-23-19(22)17-15-18(27)26(20(17)24-21)11-6-7-16-8-12-25(10-4-2)13-9-16/h16H,3-15H2,1-2H3,(H2,22,23,24). The number of nitrogens with zero attached hydrogens (tertiary/aromatic N) is 4. The van der Waals surface area contributed by atoms with E-state index < -0.39 is 0 Å². The fraction of sp³-hybridized carbons (Fsp3) is 0.762. The maximum atomic E-state index is 12.5. The molecule has 2 aliphatic heterocycles. The number of unbranched alkanes of at least 4 members (excludes halogenated alkanes) is 1. The lowest BCUT2D eigenvalue weighted by Gasteiger charge is -2.32. The van der Waals surface area contributed by atoms with E-state index in [9.17, 15) is 4.79 Å². The highest BCUT2D eigenvalue weighted by atomic mass is 16.5. The highest BCUT2D eigenvalue weighted by Crippen LogP contribution is 2.32. The Morgan fingerprint density at radius 3 is 2.61 bits per heavy atom. The molecule has 1 aromatic rings. The molecule has 1 amide bonds. The lowest BCUT2D eigenvalue weighted by atomic mass is 9.92. The molecule has 0 atom stereocenters. The van der Waals surface area contributed by atoms with Crippen molar-refractivity contribution in [3.05, 3.63) is 5.56 Å². The second-order valence-electron chi connectivity index (χ2n) is 8.04. The maximum absolute atomic E-state index is 12.5. The molecule has 2 N–H and O–H groups in total. The van der Waals surface area contributed by atoms with Crippen molar-refractivity contribution < 1.29 is 9.53 Å². The Kier molecular flexibility index (Phi) is 7.48. The Hall–Kier alpha value is -1.89. The maximum Gasteiger partial charge on any atom is 0.320 e. The van der Waals surface area contributed by atoms with Crippen molar-refractivity contribution in [1.29, 1.82) is 0 Å². The number of nitrogens with two attached hydrogens (primary N) is 1. The monoisotopic (exact) mass is 389 g/mol. The molecule has 156 valence electrons. The molecule has 28 heavy (non-hydrogen) atoms. The fourth-order valence-electron chi connectivity index (χ4n) is 4.18. The number of fused-ring (bicyclic) bond motifs is 1. The number of amides is 1. The van der Waals surface area contributed by atoms with E-state index in [4.69, 9.17) is 10.5 Å². The van der Waals surface area contributed by atoms with E-state index in [1.165, 1.54) is 45.3 Å². The van der Waals surface area contributed by atoms with E-state index in [1.54, 1.807) is 4.90 Å². The number of piperidine rings is 1. The topological polar surface area (TPSA) is 84.6 Å². The molecule has 0 bridgehead atoms. The Morgan fingerprint density at radius 2 is 1.89 bits per heavy atom. The molecule has 0 aliphatic carbocycles. The first-order valence-electron chi connectivity index (χ1n) is 10.9. The fourth-order valence-corrected chi connectivity index (χ4v) is 4.18. The summed E-state index contributed by atoms with van der Waals surface area (Å²) in [5.41, 5.74) is 6.82. The Labute approximate surface area is 168 Å². The van der Waals surface area contributed by atoms with Crippen LogP contribution in [0.2, 0.25) is 0 Å². The molecule has 7 nitrogen and oxygen atoms in total. The van der Waals surface area contributed by atoms with Crippen LogP contribution in [0, 0.1) is 5.92 Å². The van der Waals surface area contributed by atoms with Gasteiger partial charge in [-0.3, -0.25) is 9.69 Å². The average Bonchev–Trinajstić information content (AvgIpc) is 3.00. The van der Waals surface area contributed by atoms with Crippen LogP contribution in [0.15, 0.2) is 0 Å². The number of carbonyl (C=O) groups excluding carboxylic acids is 1. The third-order valence-electron chi connectivity index (χ3n) is 5.85. The van der Waals surface area contributed by atoms with Crippen LogP contribution in [0.5, 0.6) is 6.01 Å². The zero-order chi connectivity index (χ0) is 19.9. The lowest BCUT2D eigenvalue weighted by Crippen LogP contribution is -2.34. The van der Waals surface area contributed by atoms with Gasteiger partial charge in [0, 0.05) is 12.1 Å². The Bertz CT molecular complexity index is 658. The second-order valence-corrected chi connectivity index (χ2v) is 8.04. The van der Waals surface area contributed by atoms with Gasteiger partial charge in [0.2, 0.25) is 5.91 Å². The van der Waals surface area contributed by atoms with Gasteiger partial charge >= 0.3 is 6.01 Å². The van der Waals surface area contributed by atoms with E-state index in [0.717, 1.165) is 30.7 Å². The van der Waals surface area contributed by atoms with E-state index in [2.05, 4.69) is 28.7 Å². The minimum absolute atomic E-state index is 0.0690. The third-order valence-corrected chi connectivity index (χ3v) is 5.85. The summed E-state index contributed by atoms with van der Waals surface area (Å²) < 4.78 is 5.62. The summed E-state index contributed by atoms with van der Waals surface area (Å²) in [6, 6.07) is 0.285. The van der Waals surface area contributed by atoms with Crippen LogP contribution in [0.3, 0.4) is 0 Å². The van der Waals surface area contributed by atoms with Crippen LogP contribution in [0.1, 0.15) is 64.4 Å². The van der Waals surface area contributed by atoms with Crippen molar-refractivity contribution in [1.82, 2.24) is 14.9 Å². The van der Waals surface area contributed by atoms with Crippen LogP contribution in [-0.2, 0) is 11.2 Å². The van der Waals surface area contributed by atoms with Crippen molar-refractivity contribution in [2.45, 2.75) is 65.2 Å². The summed E-state index contributed by atoms with van der Waals surface area (Å²) in [7, 11) is 0. The Morgan fingerprint density at radius 1 is 1.11 bits per heavy atom. The number of anilines is 2. The van der Waals surface area contributed by atoms with E-state index in [-0.39, 0.29) is 11.9 Å². The molecule has 1 aromatic heterocycles. The molecule has 0 saturated carbocycles. The van der Waals surface area contributed by atoms with Gasteiger partial charge in [-0.15, -0.1) is 0 Å². The van der Waals surface area contributed by atoms with Gasteiger partial charge < -0.3 is 15.4 Å². The summed E-state index contributed by atoms with van der Waals surface area (Å²) >= 11 is 0. The summed E-state index contributed by atoms with van der Waals surface area (Å²) in [5, 5.41) is 0. The predicted octanol–water partition coefficient (Wildman–Crippen LogP) is 3.03. The van der Waals surface area contributed by atoms with E-state index in [1.807, 2.05) is 0 Å². The lowest BCUT2D eigenvalue weighted by molar-refractivity contribution is -0.117. The van der Waals surface area contributed by atoms with Crippen LogP contribution in [-0.4, -0.2) is 53.6 Å². The quantitative estimate of drug-likeness (QED) is 0.619. The molecule has 2 aliphatic rings. The minimum atomic E-state index is 0.0690. The van der Waals surface area contributed by atoms with Gasteiger partial charge in [0.1, 0.15) is 11.6 Å². The van der Waals surface area contributed by atoms with Crippen molar-refractivity contribution in [2.75, 3.05) is 43.4 Å². The second kappa shape index (κ2) is 10.0. The number of nitrogen functional groups attached to an aromatic ring is 1. The molecule has 0 spiro atoms. The highest BCUT2D eigenvalue weighted by Gasteiger charge is 2.32. The van der Waals surface area contributed by atoms with Crippen LogP contribution in [0.25, 0.3) is 0 Å². The SMILES string of the molecule is CCCCOc1nc(N)c2c(n1)N(CCCC1CCN(CCC)CC1)C(=O)C2. The molecule has 0 unspecified atom stereocenters. The molecular formula is C21H35N5O2. The van der Waals surface area contributed by atoms with Crippen LogP contribution >= 0.6 is 0 Å². The number of likely N-dealkylation sites (tertiary alicyclic amines) is 1. The third kappa shape index (κ3) is 5.13. The van der Waals surface area contributed by atoms with Gasteiger partial charge in [-0.2, -0.15) is 9.97 Å². The van der Waals surface area contributed by atoms with Crippen molar-refractivity contribution in [3.63, 3.8) is 0 Å². The molecular weight excluding hydrogens is 354 g/mol. The van der Waals surface area contributed by atoms with Gasteiger partial charge in [-0.05, 0) is 64.1 Å². The first kappa shape index (κ1) is 20.8. The van der Waals surface area contributed by atoms with Crippen molar-refractivity contribution >= 4 is 17.5 Å². The van der Waals surface area contributed by atoms with Gasteiger partial charge in [-0.25, -0.2) is 0 Å².